The fourth-order valence-electron chi connectivity index (χ4n) is 1.73. The fraction of sp³-hybridized carbons (Fsp3) is 0.200. The van der Waals surface area contributed by atoms with Crippen LogP contribution in [0.15, 0.2) is 42.5 Å². The molecule has 0 fully saturated rings. The zero-order chi connectivity index (χ0) is 15.1. The summed E-state index contributed by atoms with van der Waals surface area (Å²) in [6, 6.07) is 12.4. The maximum atomic E-state index is 11.1. The number of aromatic carboxylic acids is 1. The molecule has 5 nitrogen and oxygen atoms in total. The lowest BCUT2D eigenvalue weighted by molar-refractivity contribution is 0.0697. The number of nitrogens with zero attached hydrogens (tertiary/aromatic N) is 1. The van der Waals surface area contributed by atoms with Crippen LogP contribution in [0.2, 0.25) is 5.15 Å². The summed E-state index contributed by atoms with van der Waals surface area (Å²) in [4.78, 5) is 15.0. The molecule has 0 spiro atoms. The number of hydrogen-bond acceptors (Lipinski definition) is 4. The van der Waals surface area contributed by atoms with Gasteiger partial charge in [0.1, 0.15) is 22.3 Å². The first-order chi connectivity index (χ1) is 10.2. The van der Waals surface area contributed by atoms with Gasteiger partial charge in [-0.3, -0.25) is 0 Å². The van der Waals surface area contributed by atoms with Gasteiger partial charge in [0.25, 0.3) is 0 Å². The average Bonchev–Trinajstić information content (AvgIpc) is 2.48. The molecule has 0 amide bonds. The maximum absolute atomic E-state index is 11.1. The van der Waals surface area contributed by atoms with Crippen LogP contribution in [0.25, 0.3) is 0 Å². The van der Waals surface area contributed by atoms with E-state index in [-0.39, 0.29) is 16.5 Å². The van der Waals surface area contributed by atoms with E-state index in [9.17, 15) is 4.79 Å². The topological polar surface area (TPSA) is 71.5 Å². The molecule has 0 aliphatic heterocycles. The second-order valence-corrected chi connectivity index (χ2v) is 4.66. The van der Waals surface area contributed by atoms with E-state index in [1.54, 1.807) is 0 Å². The number of ether oxygens (including phenoxy) is 1. The number of para-hydroxylation sites is 1. The van der Waals surface area contributed by atoms with E-state index in [2.05, 4.69) is 10.3 Å². The standard InChI is InChI=1S/C15H15ClN2O3/c16-13-8-7-12(15(19)20)14(18-13)17-9-4-10-21-11-5-2-1-3-6-11/h1-3,5-8H,4,9-10H2,(H,17,18)(H,19,20). The van der Waals surface area contributed by atoms with Gasteiger partial charge in [-0.1, -0.05) is 29.8 Å². The van der Waals surface area contributed by atoms with E-state index in [1.165, 1.54) is 12.1 Å². The molecule has 0 atom stereocenters. The van der Waals surface area contributed by atoms with Gasteiger partial charge < -0.3 is 15.2 Å². The molecule has 1 aromatic carbocycles. The summed E-state index contributed by atoms with van der Waals surface area (Å²) in [5.41, 5.74) is 0.100. The van der Waals surface area contributed by atoms with Gasteiger partial charge in [-0.15, -0.1) is 0 Å². The van der Waals surface area contributed by atoms with Crippen LogP contribution in [0.5, 0.6) is 5.75 Å². The molecule has 0 radical (unpaired) electrons. The summed E-state index contributed by atoms with van der Waals surface area (Å²) in [5, 5.41) is 12.3. The lowest BCUT2D eigenvalue weighted by atomic mass is 10.2. The number of halogens is 1. The first-order valence-corrected chi connectivity index (χ1v) is 6.86. The largest absolute Gasteiger partial charge is 0.494 e. The smallest absolute Gasteiger partial charge is 0.339 e. The van der Waals surface area contributed by atoms with Crippen LogP contribution < -0.4 is 10.1 Å². The second-order valence-electron chi connectivity index (χ2n) is 4.28. The van der Waals surface area contributed by atoms with Crippen LogP contribution in [0.4, 0.5) is 5.82 Å². The number of benzene rings is 1. The molecule has 0 saturated heterocycles. The molecule has 0 aliphatic carbocycles. The number of carboxylic acids is 1. The first-order valence-electron chi connectivity index (χ1n) is 6.48. The van der Waals surface area contributed by atoms with Gasteiger partial charge in [-0.05, 0) is 30.7 Å². The Kier molecular flexibility index (Phi) is 5.40. The predicted molar refractivity (Wildman–Crippen MR) is 81.3 cm³/mol. The van der Waals surface area contributed by atoms with Crippen molar-refractivity contribution in [1.29, 1.82) is 0 Å². The van der Waals surface area contributed by atoms with Crippen molar-refractivity contribution >= 4 is 23.4 Å². The molecular formula is C15H15ClN2O3. The minimum atomic E-state index is -1.04. The number of rotatable bonds is 7. The highest BCUT2D eigenvalue weighted by Crippen LogP contribution is 2.16. The third-order valence-corrected chi connectivity index (χ3v) is 2.93. The Morgan fingerprint density at radius 3 is 2.71 bits per heavy atom. The van der Waals surface area contributed by atoms with Crippen molar-refractivity contribution in [3.8, 4) is 5.75 Å². The summed E-state index contributed by atoms with van der Waals surface area (Å²) in [7, 11) is 0. The highest BCUT2D eigenvalue weighted by molar-refractivity contribution is 6.29. The van der Waals surface area contributed by atoms with Crippen molar-refractivity contribution in [2.24, 2.45) is 0 Å². The van der Waals surface area contributed by atoms with Crippen LogP contribution in [0.3, 0.4) is 0 Å². The minimum absolute atomic E-state index is 0.100. The Hall–Kier alpha value is -2.27. The van der Waals surface area contributed by atoms with Crippen LogP contribution in [-0.4, -0.2) is 29.2 Å². The van der Waals surface area contributed by atoms with Crippen LogP contribution in [0, 0.1) is 0 Å². The highest BCUT2D eigenvalue weighted by Gasteiger charge is 2.11. The van der Waals surface area contributed by atoms with Crippen molar-refractivity contribution < 1.29 is 14.6 Å². The van der Waals surface area contributed by atoms with E-state index in [0.717, 1.165) is 5.75 Å². The summed E-state index contributed by atoms with van der Waals surface area (Å²) in [6.45, 7) is 1.07. The Bertz CT molecular complexity index is 605. The molecule has 21 heavy (non-hydrogen) atoms. The van der Waals surface area contributed by atoms with E-state index in [4.69, 9.17) is 21.4 Å². The number of aromatic nitrogens is 1. The van der Waals surface area contributed by atoms with Crippen molar-refractivity contribution in [2.45, 2.75) is 6.42 Å². The lowest BCUT2D eigenvalue weighted by Crippen LogP contribution is -2.12. The zero-order valence-electron chi connectivity index (χ0n) is 11.3. The van der Waals surface area contributed by atoms with Crippen LogP contribution in [-0.2, 0) is 0 Å². The van der Waals surface area contributed by atoms with Crippen molar-refractivity contribution in [3.63, 3.8) is 0 Å². The quantitative estimate of drug-likeness (QED) is 0.606. The monoisotopic (exact) mass is 306 g/mol. The number of carbonyl (C=O) groups is 1. The summed E-state index contributed by atoms with van der Waals surface area (Å²) in [5.74, 6) is 0.0431. The summed E-state index contributed by atoms with van der Waals surface area (Å²) >= 11 is 5.77. The van der Waals surface area contributed by atoms with Crippen molar-refractivity contribution in [2.75, 3.05) is 18.5 Å². The Morgan fingerprint density at radius 2 is 2.00 bits per heavy atom. The molecule has 0 aliphatic rings. The van der Waals surface area contributed by atoms with Crippen molar-refractivity contribution in [1.82, 2.24) is 4.98 Å². The molecule has 0 saturated carbocycles. The van der Waals surface area contributed by atoms with E-state index in [0.29, 0.717) is 19.6 Å². The molecule has 110 valence electrons. The van der Waals surface area contributed by atoms with Crippen LogP contribution in [0.1, 0.15) is 16.8 Å². The van der Waals surface area contributed by atoms with E-state index in [1.807, 2.05) is 30.3 Å². The molecule has 0 unspecified atom stereocenters. The van der Waals surface area contributed by atoms with Gasteiger partial charge in [0.05, 0.1) is 6.61 Å². The van der Waals surface area contributed by atoms with Crippen LogP contribution >= 0.6 is 11.6 Å². The third kappa shape index (κ3) is 4.65. The molecule has 1 heterocycles. The van der Waals surface area contributed by atoms with Crippen molar-refractivity contribution in [3.05, 3.63) is 53.2 Å². The molecular weight excluding hydrogens is 292 g/mol. The normalized spacial score (nSPS) is 10.1. The second kappa shape index (κ2) is 7.50. The van der Waals surface area contributed by atoms with E-state index < -0.39 is 5.97 Å². The van der Waals surface area contributed by atoms with Gasteiger partial charge in [-0.2, -0.15) is 0 Å². The highest BCUT2D eigenvalue weighted by atomic mass is 35.5. The summed E-state index contributed by atoms with van der Waals surface area (Å²) in [6.07, 6.45) is 0.710. The average molecular weight is 307 g/mol. The molecule has 2 aromatic rings. The van der Waals surface area contributed by atoms with E-state index >= 15 is 0 Å². The molecule has 2 rings (SSSR count). The number of hydrogen-bond donors (Lipinski definition) is 2. The minimum Gasteiger partial charge on any atom is -0.494 e. The summed E-state index contributed by atoms with van der Waals surface area (Å²) < 4.78 is 5.54. The molecule has 0 bridgehead atoms. The Labute approximate surface area is 127 Å². The predicted octanol–water partition coefficient (Wildman–Crippen LogP) is 3.31. The van der Waals surface area contributed by atoms with Gasteiger partial charge >= 0.3 is 5.97 Å². The number of nitrogens with one attached hydrogen (secondary N) is 1. The van der Waals surface area contributed by atoms with Gasteiger partial charge in [0.15, 0.2) is 0 Å². The number of carboxylic acid groups (broad SMARTS) is 1. The third-order valence-electron chi connectivity index (χ3n) is 2.72. The maximum Gasteiger partial charge on any atom is 0.339 e. The number of pyridine rings is 1. The Balaban J connectivity index is 1.81. The fourth-order valence-corrected chi connectivity index (χ4v) is 1.88. The first kappa shape index (κ1) is 15.1. The SMILES string of the molecule is O=C(O)c1ccc(Cl)nc1NCCCOc1ccccc1. The molecule has 6 heteroatoms. The lowest BCUT2D eigenvalue weighted by Gasteiger charge is -2.09. The van der Waals surface area contributed by atoms with Gasteiger partial charge in [0, 0.05) is 6.54 Å². The van der Waals surface area contributed by atoms with Gasteiger partial charge in [0.2, 0.25) is 0 Å². The van der Waals surface area contributed by atoms with Gasteiger partial charge in [-0.25, -0.2) is 9.78 Å². The number of anilines is 1. The zero-order valence-corrected chi connectivity index (χ0v) is 12.0. The molecule has 1 aromatic heterocycles. The Morgan fingerprint density at radius 1 is 1.24 bits per heavy atom. The molecule has 2 N–H and O–H groups in total.